The lowest BCUT2D eigenvalue weighted by Gasteiger charge is -2.35. The van der Waals surface area contributed by atoms with Crippen LogP contribution in [-0.2, 0) is 34.7 Å². The van der Waals surface area contributed by atoms with Crippen LogP contribution in [0.3, 0.4) is 0 Å². The standard InChI is InChI=1S/C30H34N4O7S/c1-31-24-8-3-2-7-23(24)30(29(31)38)25(27(36)28(37)34(30)16-6-13-32-17-19-41-20-18-32)26(35)21-9-11-22(12-10-21)42(39,40)33-14-4-5-15-33/h2-3,7-12,35H,4-6,13-20H2,1H3. The van der Waals surface area contributed by atoms with Crippen molar-refractivity contribution in [2.75, 3.05) is 64.4 Å². The number of nitrogens with zero attached hydrogens (tertiary/aromatic N) is 4. The van der Waals surface area contributed by atoms with E-state index in [1.54, 1.807) is 31.3 Å². The number of Topliss-reactive ketones (excluding diaryl/α,β-unsaturated/α-hetero) is 1. The molecule has 0 aromatic heterocycles. The molecule has 2 aromatic carbocycles. The molecule has 0 saturated carbocycles. The summed E-state index contributed by atoms with van der Waals surface area (Å²) in [6.45, 7) is 4.46. The summed E-state index contributed by atoms with van der Waals surface area (Å²) in [5.41, 5.74) is -1.02. The number of para-hydroxylation sites is 1. The van der Waals surface area contributed by atoms with Crippen LogP contribution < -0.4 is 4.90 Å². The van der Waals surface area contributed by atoms with Crippen molar-refractivity contribution in [2.24, 2.45) is 0 Å². The maximum absolute atomic E-state index is 14.2. The van der Waals surface area contributed by atoms with Crippen molar-refractivity contribution < 1.29 is 32.6 Å². The Kier molecular flexibility index (Phi) is 7.42. The van der Waals surface area contributed by atoms with Gasteiger partial charge in [0.25, 0.3) is 17.6 Å². The maximum Gasteiger partial charge on any atom is 0.296 e. The van der Waals surface area contributed by atoms with E-state index in [-0.39, 0.29) is 22.6 Å². The molecule has 3 saturated heterocycles. The van der Waals surface area contributed by atoms with Crippen molar-refractivity contribution in [1.29, 1.82) is 0 Å². The van der Waals surface area contributed by atoms with Gasteiger partial charge in [-0.05, 0) is 49.6 Å². The number of ketones is 1. The quantitative estimate of drug-likeness (QED) is 0.292. The Hall–Kier alpha value is -3.58. The van der Waals surface area contributed by atoms with Gasteiger partial charge in [0.2, 0.25) is 10.0 Å². The van der Waals surface area contributed by atoms with Gasteiger partial charge >= 0.3 is 0 Å². The van der Waals surface area contributed by atoms with E-state index in [2.05, 4.69) is 4.90 Å². The van der Waals surface area contributed by atoms with Gasteiger partial charge in [-0.1, -0.05) is 18.2 Å². The van der Waals surface area contributed by atoms with E-state index in [0.29, 0.717) is 50.5 Å². The SMILES string of the molecule is CN1C(=O)C2(C(=C(O)c3ccc(S(=O)(=O)N4CCCC4)cc3)C(=O)C(=O)N2CCCN2CCOCC2)c2ccccc21. The maximum atomic E-state index is 14.2. The fraction of sp³-hybridized carbons (Fsp3) is 0.433. The number of ether oxygens (including phenoxy) is 1. The molecule has 0 radical (unpaired) electrons. The lowest BCUT2D eigenvalue weighted by atomic mass is 9.82. The number of aliphatic hydroxyl groups excluding tert-OH is 1. The van der Waals surface area contributed by atoms with E-state index >= 15 is 0 Å². The molecule has 12 heteroatoms. The van der Waals surface area contributed by atoms with Gasteiger partial charge in [-0.3, -0.25) is 19.3 Å². The molecule has 0 bridgehead atoms. The number of benzene rings is 2. The van der Waals surface area contributed by atoms with Crippen LogP contribution in [-0.4, -0.2) is 105 Å². The van der Waals surface area contributed by atoms with Crippen molar-refractivity contribution in [3.05, 3.63) is 65.2 Å². The molecule has 2 amide bonds. The number of carbonyl (C=O) groups is 3. The molecule has 1 atom stereocenters. The summed E-state index contributed by atoms with van der Waals surface area (Å²) in [6.07, 6.45) is 2.11. The van der Waals surface area contributed by atoms with Crippen LogP contribution in [0, 0.1) is 0 Å². The topological polar surface area (TPSA) is 128 Å². The van der Waals surface area contributed by atoms with Gasteiger partial charge in [-0.15, -0.1) is 0 Å². The van der Waals surface area contributed by atoms with Crippen LogP contribution in [0.2, 0.25) is 0 Å². The number of fused-ring (bicyclic) bond motifs is 2. The third-order valence-electron chi connectivity index (χ3n) is 8.73. The van der Waals surface area contributed by atoms with E-state index in [1.165, 1.54) is 38.4 Å². The molecule has 4 heterocycles. The summed E-state index contributed by atoms with van der Waals surface area (Å²) < 4.78 is 32.9. The minimum absolute atomic E-state index is 0.0706. The highest BCUT2D eigenvalue weighted by Gasteiger charge is 2.66. The highest BCUT2D eigenvalue weighted by molar-refractivity contribution is 7.89. The van der Waals surface area contributed by atoms with E-state index in [4.69, 9.17) is 4.74 Å². The van der Waals surface area contributed by atoms with Crippen LogP contribution in [0.15, 0.2) is 59.0 Å². The second kappa shape index (κ2) is 10.9. The summed E-state index contributed by atoms with van der Waals surface area (Å²) in [6, 6.07) is 12.5. The summed E-state index contributed by atoms with van der Waals surface area (Å²) in [7, 11) is -2.11. The van der Waals surface area contributed by atoms with Crippen molar-refractivity contribution in [1.82, 2.24) is 14.1 Å². The second-order valence-corrected chi connectivity index (χ2v) is 13.0. The Bertz CT molecular complexity index is 1560. The molecule has 4 aliphatic rings. The lowest BCUT2D eigenvalue weighted by molar-refractivity contribution is -0.143. The largest absolute Gasteiger partial charge is 0.507 e. The zero-order valence-corrected chi connectivity index (χ0v) is 24.3. The molecule has 3 fully saturated rings. The van der Waals surface area contributed by atoms with E-state index in [0.717, 1.165) is 25.9 Å². The molecule has 1 N–H and O–H groups in total. The van der Waals surface area contributed by atoms with E-state index in [1.807, 2.05) is 0 Å². The smallest absolute Gasteiger partial charge is 0.296 e. The van der Waals surface area contributed by atoms with Gasteiger partial charge in [0.1, 0.15) is 5.76 Å². The van der Waals surface area contributed by atoms with Crippen molar-refractivity contribution in [3.63, 3.8) is 0 Å². The number of anilines is 1. The number of carbonyl (C=O) groups excluding carboxylic acids is 3. The van der Waals surface area contributed by atoms with Gasteiger partial charge in [0.15, 0.2) is 5.54 Å². The fourth-order valence-electron chi connectivity index (χ4n) is 6.55. The first-order valence-corrected chi connectivity index (χ1v) is 15.7. The lowest BCUT2D eigenvalue weighted by Crippen LogP contribution is -2.52. The number of rotatable bonds is 7. The van der Waals surface area contributed by atoms with Gasteiger partial charge < -0.3 is 19.6 Å². The minimum Gasteiger partial charge on any atom is -0.507 e. The number of likely N-dealkylation sites (tertiary alicyclic amines) is 1. The van der Waals surface area contributed by atoms with Crippen molar-refractivity contribution in [2.45, 2.75) is 29.7 Å². The van der Waals surface area contributed by atoms with Gasteiger partial charge in [0, 0.05) is 63.1 Å². The zero-order valence-electron chi connectivity index (χ0n) is 23.5. The normalized spacial score (nSPS) is 24.7. The van der Waals surface area contributed by atoms with Gasteiger partial charge in [-0.25, -0.2) is 8.42 Å². The molecular formula is C30H34N4O7S. The predicted octanol–water partition coefficient (Wildman–Crippen LogP) is 1.75. The Labute approximate surface area is 245 Å². The third-order valence-corrected chi connectivity index (χ3v) is 10.6. The molecule has 0 aliphatic carbocycles. The summed E-state index contributed by atoms with van der Waals surface area (Å²) in [5, 5.41) is 11.6. The molecule has 4 aliphatic heterocycles. The first-order chi connectivity index (χ1) is 20.2. The number of sulfonamides is 1. The molecular weight excluding hydrogens is 560 g/mol. The van der Waals surface area contributed by atoms with E-state index < -0.39 is 38.9 Å². The van der Waals surface area contributed by atoms with Crippen LogP contribution in [0.5, 0.6) is 0 Å². The molecule has 1 spiro atoms. The monoisotopic (exact) mass is 594 g/mol. The number of likely N-dealkylation sites (N-methyl/N-ethyl adjacent to an activating group) is 1. The van der Waals surface area contributed by atoms with Crippen molar-refractivity contribution in [3.8, 4) is 0 Å². The van der Waals surface area contributed by atoms with Gasteiger partial charge in [0.05, 0.1) is 23.7 Å². The first-order valence-electron chi connectivity index (χ1n) is 14.3. The van der Waals surface area contributed by atoms with Gasteiger partial charge in [-0.2, -0.15) is 4.31 Å². The average molecular weight is 595 g/mol. The van der Waals surface area contributed by atoms with Crippen molar-refractivity contribution >= 4 is 39.1 Å². The van der Waals surface area contributed by atoms with E-state index in [9.17, 15) is 27.9 Å². The Morgan fingerprint density at radius 2 is 1.60 bits per heavy atom. The number of morpholine rings is 1. The number of hydrogen-bond donors (Lipinski definition) is 1. The van der Waals surface area contributed by atoms with Crippen LogP contribution in [0.25, 0.3) is 5.76 Å². The fourth-order valence-corrected chi connectivity index (χ4v) is 8.07. The Morgan fingerprint density at radius 1 is 0.929 bits per heavy atom. The first kappa shape index (κ1) is 28.5. The number of aliphatic hydroxyl groups is 1. The Balaban J connectivity index is 1.42. The third kappa shape index (κ3) is 4.36. The number of hydrogen-bond acceptors (Lipinski definition) is 8. The van der Waals surface area contributed by atoms with Crippen LogP contribution in [0.4, 0.5) is 5.69 Å². The molecule has 6 rings (SSSR count). The summed E-state index contributed by atoms with van der Waals surface area (Å²) >= 11 is 0. The second-order valence-electron chi connectivity index (χ2n) is 11.0. The molecule has 42 heavy (non-hydrogen) atoms. The summed E-state index contributed by atoms with van der Waals surface area (Å²) in [5.74, 6) is -2.84. The molecule has 2 aromatic rings. The zero-order chi connectivity index (χ0) is 29.6. The summed E-state index contributed by atoms with van der Waals surface area (Å²) in [4.78, 5) is 46.5. The van der Waals surface area contributed by atoms with Crippen LogP contribution in [0.1, 0.15) is 30.4 Å². The number of amides is 2. The predicted molar refractivity (Wildman–Crippen MR) is 154 cm³/mol. The highest BCUT2D eigenvalue weighted by atomic mass is 32.2. The Morgan fingerprint density at radius 3 is 2.29 bits per heavy atom. The highest BCUT2D eigenvalue weighted by Crippen LogP contribution is 2.53. The molecule has 1 unspecified atom stereocenters. The minimum atomic E-state index is -3.69. The molecule has 222 valence electrons. The average Bonchev–Trinajstić information content (AvgIpc) is 3.69. The van der Waals surface area contributed by atoms with Crippen LogP contribution >= 0.6 is 0 Å². The molecule has 11 nitrogen and oxygen atoms in total.